The number of nitrogens with one attached hydrogen (secondary N) is 1. The molecule has 1 aliphatic carbocycles. The van der Waals surface area contributed by atoms with Crippen LogP contribution < -0.4 is 14.8 Å². The fraction of sp³-hybridized carbons (Fsp3) is 0.556. The summed E-state index contributed by atoms with van der Waals surface area (Å²) < 4.78 is 10.8. The fourth-order valence-electron chi connectivity index (χ4n) is 3.22. The first-order chi connectivity index (χ1) is 12.0. The fourth-order valence-corrected chi connectivity index (χ4v) is 3.51. The number of halogens is 1. The number of carbonyl (C=O) groups excluding carboxylic acids is 1. The number of methoxy groups -OCH3 is 1. The summed E-state index contributed by atoms with van der Waals surface area (Å²) in [5, 5.41) is 12.5. The molecule has 0 radical (unpaired) electrons. The third-order valence-electron chi connectivity index (χ3n) is 4.46. The predicted molar refractivity (Wildman–Crippen MR) is 94.1 cm³/mol. The Kier molecular flexibility index (Phi) is 6.93. The molecule has 1 saturated carbocycles. The number of ether oxygens (including phenoxy) is 2. The third kappa shape index (κ3) is 4.78. The van der Waals surface area contributed by atoms with Crippen molar-refractivity contribution in [3.63, 3.8) is 0 Å². The Morgan fingerprint density at radius 2 is 1.96 bits per heavy atom. The summed E-state index contributed by atoms with van der Waals surface area (Å²) in [5.41, 5.74) is 0.765. The lowest BCUT2D eigenvalue weighted by Gasteiger charge is -2.27. The average molecular weight is 370 g/mol. The Balaban J connectivity index is 2.06. The van der Waals surface area contributed by atoms with E-state index < -0.39 is 17.8 Å². The summed E-state index contributed by atoms with van der Waals surface area (Å²) in [6.07, 6.45) is 2.89. The normalized spacial score (nSPS) is 20.0. The van der Waals surface area contributed by atoms with Gasteiger partial charge in [0.25, 0.3) is 0 Å². The molecular formula is C18H24ClNO5. The molecule has 25 heavy (non-hydrogen) atoms. The summed E-state index contributed by atoms with van der Waals surface area (Å²) in [6, 6.07) is 3.47. The second kappa shape index (κ2) is 8.94. The van der Waals surface area contributed by atoms with Gasteiger partial charge in [-0.15, -0.1) is 0 Å². The lowest BCUT2D eigenvalue weighted by Crippen LogP contribution is -2.39. The molecule has 1 fully saturated rings. The van der Waals surface area contributed by atoms with Crippen LogP contribution >= 0.6 is 11.6 Å². The Morgan fingerprint density at radius 3 is 2.56 bits per heavy atom. The minimum atomic E-state index is -0.898. The first-order valence-corrected chi connectivity index (χ1v) is 8.85. The van der Waals surface area contributed by atoms with E-state index in [2.05, 4.69) is 5.32 Å². The molecule has 0 saturated heterocycles. The number of benzene rings is 1. The van der Waals surface area contributed by atoms with Gasteiger partial charge in [0.2, 0.25) is 5.91 Å². The van der Waals surface area contributed by atoms with Crippen molar-refractivity contribution in [3.8, 4) is 11.5 Å². The van der Waals surface area contributed by atoms with Crippen LogP contribution in [0.5, 0.6) is 11.5 Å². The minimum Gasteiger partial charge on any atom is -0.493 e. The molecule has 2 atom stereocenters. The minimum absolute atomic E-state index is 0.226. The van der Waals surface area contributed by atoms with Crippen molar-refractivity contribution in [3.05, 3.63) is 22.7 Å². The van der Waals surface area contributed by atoms with Gasteiger partial charge in [-0.05, 0) is 37.5 Å². The van der Waals surface area contributed by atoms with E-state index >= 15 is 0 Å². The number of hydrogen-bond donors (Lipinski definition) is 2. The van der Waals surface area contributed by atoms with Crippen LogP contribution in [0.2, 0.25) is 5.02 Å². The van der Waals surface area contributed by atoms with Crippen molar-refractivity contribution in [1.82, 2.24) is 5.32 Å². The van der Waals surface area contributed by atoms with Crippen LogP contribution in [0.3, 0.4) is 0 Å². The highest BCUT2D eigenvalue weighted by Crippen LogP contribution is 2.36. The summed E-state index contributed by atoms with van der Waals surface area (Å²) in [7, 11) is 1.52. The molecule has 1 aromatic rings. The van der Waals surface area contributed by atoms with E-state index in [1.54, 1.807) is 12.1 Å². The molecule has 0 heterocycles. The van der Waals surface area contributed by atoms with Gasteiger partial charge in [-0.1, -0.05) is 24.4 Å². The van der Waals surface area contributed by atoms with Gasteiger partial charge < -0.3 is 19.9 Å². The van der Waals surface area contributed by atoms with Crippen LogP contribution in [0.4, 0.5) is 0 Å². The Morgan fingerprint density at radius 1 is 1.28 bits per heavy atom. The summed E-state index contributed by atoms with van der Waals surface area (Å²) >= 11 is 6.23. The molecule has 2 N–H and O–H groups in total. The van der Waals surface area contributed by atoms with Crippen molar-refractivity contribution in [2.24, 2.45) is 11.8 Å². The third-order valence-corrected chi connectivity index (χ3v) is 4.75. The highest BCUT2D eigenvalue weighted by atomic mass is 35.5. The zero-order valence-corrected chi connectivity index (χ0v) is 15.3. The molecule has 0 aliphatic heterocycles. The molecule has 2 rings (SSSR count). The van der Waals surface area contributed by atoms with Crippen molar-refractivity contribution in [2.75, 3.05) is 13.7 Å². The van der Waals surface area contributed by atoms with Crippen molar-refractivity contribution in [1.29, 1.82) is 0 Å². The van der Waals surface area contributed by atoms with Gasteiger partial charge in [0.05, 0.1) is 30.6 Å². The summed E-state index contributed by atoms with van der Waals surface area (Å²) in [4.78, 5) is 23.8. The van der Waals surface area contributed by atoms with Gasteiger partial charge in [0.15, 0.2) is 11.5 Å². The molecular weight excluding hydrogens is 346 g/mol. The summed E-state index contributed by atoms with van der Waals surface area (Å²) in [5.74, 6) is -1.24. The van der Waals surface area contributed by atoms with E-state index in [0.29, 0.717) is 36.0 Å². The van der Waals surface area contributed by atoms with Gasteiger partial charge in [-0.3, -0.25) is 9.59 Å². The number of aliphatic carboxylic acids is 1. The van der Waals surface area contributed by atoms with Crippen LogP contribution in [0.25, 0.3) is 0 Å². The zero-order valence-electron chi connectivity index (χ0n) is 14.5. The van der Waals surface area contributed by atoms with Crippen LogP contribution in [-0.2, 0) is 16.1 Å². The molecule has 0 aromatic heterocycles. The molecule has 1 amide bonds. The van der Waals surface area contributed by atoms with Crippen molar-refractivity contribution >= 4 is 23.5 Å². The van der Waals surface area contributed by atoms with Gasteiger partial charge in [0, 0.05) is 6.54 Å². The van der Waals surface area contributed by atoms with E-state index in [4.69, 9.17) is 21.1 Å². The number of amides is 1. The lowest BCUT2D eigenvalue weighted by atomic mass is 9.78. The number of carboxylic acid groups (broad SMARTS) is 1. The van der Waals surface area contributed by atoms with Gasteiger partial charge in [0.1, 0.15) is 0 Å². The number of hydrogen-bond acceptors (Lipinski definition) is 4. The van der Waals surface area contributed by atoms with Crippen LogP contribution in [0.1, 0.15) is 38.2 Å². The van der Waals surface area contributed by atoms with E-state index in [1.807, 2.05) is 6.92 Å². The van der Waals surface area contributed by atoms with Gasteiger partial charge in [-0.25, -0.2) is 0 Å². The number of carboxylic acids is 1. The van der Waals surface area contributed by atoms with Crippen molar-refractivity contribution < 1.29 is 24.2 Å². The van der Waals surface area contributed by atoms with Crippen LogP contribution in [-0.4, -0.2) is 30.7 Å². The standard InChI is InChI=1S/C18H24ClNO5/c1-3-25-16-14(19)8-11(9-15(16)24-2)10-20-17(21)12-6-4-5-7-13(12)18(22)23/h8-9,12-13H,3-7,10H2,1-2H3,(H,20,21)(H,22,23). The molecule has 7 heteroatoms. The number of carbonyl (C=O) groups is 2. The molecule has 6 nitrogen and oxygen atoms in total. The Bertz CT molecular complexity index is 634. The topological polar surface area (TPSA) is 84.9 Å². The highest BCUT2D eigenvalue weighted by Gasteiger charge is 2.35. The average Bonchev–Trinajstić information content (AvgIpc) is 2.61. The molecule has 2 unspecified atom stereocenters. The molecule has 1 aromatic carbocycles. The van der Waals surface area contributed by atoms with Crippen LogP contribution in [0, 0.1) is 11.8 Å². The largest absolute Gasteiger partial charge is 0.493 e. The molecule has 0 bridgehead atoms. The Labute approximate surface area is 152 Å². The van der Waals surface area contributed by atoms with Gasteiger partial charge in [-0.2, -0.15) is 0 Å². The Hall–Kier alpha value is -1.95. The van der Waals surface area contributed by atoms with E-state index in [1.165, 1.54) is 7.11 Å². The SMILES string of the molecule is CCOc1c(Cl)cc(CNC(=O)C2CCCCC2C(=O)O)cc1OC. The first-order valence-electron chi connectivity index (χ1n) is 8.47. The van der Waals surface area contributed by atoms with E-state index in [0.717, 1.165) is 18.4 Å². The van der Waals surface area contributed by atoms with Crippen LogP contribution in [0.15, 0.2) is 12.1 Å². The molecule has 0 spiro atoms. The second-order valence-electron chi connectivity index (χ2n) is 6.10. The van der Waals surface area contributed by atoms with Gasteiger partial charge >= 0.3 is 5.97 Å². The maximum Gasteiger partial charge on any atom is 0.307 e. The smallest absolute Gasteiger partial charge is 0.307 e. The highest BCUT2D eigenvalue weighted by molar-refractivity contribution is 6.32. The maximum atomic E-state index is 12.4. The quantitative estimate of drug-likeness (QED) is 0.770. The molecule has 1 aliphatic rings. The zero-order chi connectivity index (χ0) is 18.4. The van der Waals surface area contributed by atoms with E-state index in [9.17, 15) is 14.7 Å². The maximum absolute atomic E-state index is 12.4. The van der Waals surface area contributed by atoms with Crippen molar-refractivity contribution in [2.45, 2.75) is 39.2 Å². The lowest BCUT2D eigenvalue weighted by molar-refractivity contribution is -0.148. The number of rotatable bonds is 7. The first kappa shape index (κ1) is 19.4. The monoisotopic (exact) mass is 369 g/mol. The predicted octanol–water partition coefficient (Wildman–Crippen LogP) is 3.25. The van der Waals surface area contributed by atoms with E-state index in [-0.39, 0.29) is 12.5 Å². The summed E-state index contributed by atoms with van der Waals surface area (Å²) in [6.45, 7) is 2.57. The molecule has 138 valence electrons. The second-order valence-corrected chi connectivity index (χ2v) is 6.50.